The quantitative estimate of drug-likeness (QED) is 0.232. The van der Waals surface area contributed by atoms with Crippen molar-refractivity contribution in [1.29, 1.82) is 0 Å². The van der Waals surface area contributed by atoms with E-state index in [1.54, 1.807) is 48.5 Å². The summed E-state index contributed by atoms with van der Waals surface area (Å²) in [6.07, 6.45) is 1.49. The molecular weight excluding hydrogens is 480 g/mol. The van der Waals surface area contributed by atoms with Crippen molar-refractivity contribution in [1.82, 2.24) is 0 Å². The first kappa shape index (κ1) is 24.8. The van der Waals surface area contributed by atoms with Crippen molar-refractivity contribution >= 4 is 46.1 Å². The van der Waals surface area contributed by atoms with Gasteiger partial charge in [0.05, 0.1) is 25.1 Å². The second kappa shape index (κ2) is 10.2. The van der Waals surface area contributed by atoms with Crippen LogP contribution in [-0.4, -0.2) is 31.6 Å². The number of urea groups is 1. The van der Waals surface area contributed by atoms with E-state index in [1.165, 1.54) is 13.2 Å². The van der Waals surface area contributed by atoms with Gasteiger partial charge in [0.1, 0.15) is 5.57 Å². The number of methoxy groups -OCH3 is 1. The molecule has 0 aliphatic carbocycles. The van der Waals surface area contributed by atoms with Crippen molar-refractivity contribution < 1.29 is 23.9 Å². The highest BCUT2D eigenvalue weighted by molar-refractivity contribution is 6.46. The van der Waals surface area contributed by atoms with Gasteiger partial charge in [0.25, 0.3) is 11.8 Å². The van der Waals surface area contributed by atoms with E-state index in [1.807, 2.05) is 50.2 Å². The lowest BCUT2D eigenvalue weighted by atomic mass is 10.0. The molecular formula is C31H26N2O5. The Bertz CT molecular complexity index is 1600. The number of barbiturate groups is 1. The van der Waals surface area contributed by atoms with Crippen molar-refractivity contribution in [2.75, 3.05) is 23.5 Å². The maximum atomic E-state index is 13.9. The van der Waals surface area contributed by atoms with E-state index in [-0.39, 0.29) is 5.57 Å². The molecule has 0 N–H and O–H groups in total. The second-order valence-electron chi connectivity index (χ2n) is 8.80. The molecule has 0 radical (unpaired) electrons. The van der Waals surface area contributed by atoms with Crippen LogP contribution in [0.4, 0.5) is 16.2 Å². The van der Waals surface area contributed by atoms with E-state index in [2.05, 4.69) is 0 Å². The van der Waals surface area contributed by atoms with Crippen molar-refractivity contribution in [2.45, 2.75) is 13.8 Å². The Morgan fingerprint density at radius 3 is 2.29 bits per heavy atom. The first-order valence-electron chi connectivity index (χ1n) is 12.2. The number of nitrogens with zero attached hydrogens (tertiary/aromatic N) is 2. The molecule has 4 aromatic carbocycles. The molecule has 190 valence electrons. The molecule has 0 spiro atoms. The zero-order chi connectivity index (χ0) is 26.8. The molecule has 0 unspecified atom stereocenters. The summed E-state index contributed by atoms with van der Waals surface area (Å²) in [5, 5.41) is 1.59. The van der Waals surface area contributed by atoms with Gasteiger partial charge in [-0.1, -0.05) is 54.6 Å². The molecule has 1 saturated heterocycles. The minimum Gasteiger partial charge on any atom is -0.493 e. The van der Waals surface area contributed by atoms with E-state index in [4.69, 9.17) is 9.47 Å². The van der Waals surface area contributed by atoms with Gasteiger partial charge < -0.3 is 9.47 Å². The van der Waals surface area contributed by atoms with Crippen LogP contribution in [0.2, 0.25) is 0 Å². The van der Waals surface area contributed by atoms with Crippen LogP contribution in [-0.2, 0) is 9.59 Å². The fourth-order valence-electron chi connectivity index (χ4n) is 4.56. The molecule has 0 aromatic heterocycles. The van der Waals surface area contributed by atoms with Crippen LogP contribution in [0.1, 0.15) is 18.1 Å². The summed E-state index contributed by atoms with van der Waals surface area (Å²) in [6.45, 7) is 4.14. The minimum atomic E-state index is -0.733. The first-order chi connectivity index (χ1) is 18.4. The highest BCUT2D eigenvalue weighted by Crippen LogP contribution is 2.35. The molecule has 38 heavy (non-hydrogen) atoms. The molecule has 5 rings (SSSR count). The Hall–Kier alpha value is -4.91. The molecule has 4 aromatic rings. The SMILES string of the molecule is CCOc1cc(/C=C2\C(=O)N(c3cccc(C)c3)C(=O)N(c3cccc4ccccc34)C2=O)ccc1OC. The number of imide groups is 2. The van der Waals surface area contributed by atoms with Gasteiger partial charge >= 0.3 is 6.03 Å². The summed E-state index contributed by atoms with van der Waals surface area (Å²) in [4.78, 5) is 43.7. The van der Waals surface area contributed by atoms with Crippen molar-refractivity contribution in [3.05, 3.63) is 102 Å². The Labute approximate surface area is 220 Å². The number of carbonyl (C=O) groups is 3. The van der Waals surface area contributed by atoms with Crippen LogP contribution >= 0.6 is 0 Å². The summed E-state index contributed by atoms with van der Waals surface area (Å²) in [7, 11) is 1.54. The molecule has 0 saturated carbocycles. The fraction of sp³-hybridized carbons (Fsp3) is 0.129. The Balaban J connectivity index is 1.70. The molecule has 4 amide bonds. The Morgan fingerprint density at radius 2 is 1.53 bits per heavy atom. The van der Waals surface area contributed by atoms with Crippen LogP contribution in [0.3, 0.4) is 0 Å². The van der Waals surface area contributed by atoms with Crippen LogP contribution < -0.4 is 19.3 Å². The smallest absolute Gasteiger partial charge is 0.343 e. The predicted molar refractivity (Wildman–Crippen MR) is 148 cm³/mol. The zero-order valence-corrected chi connectivity index (χ0v) is 21.3. The van der Waals surface area contributed by atoms with Crippen LogP contribution in [0, 0.1) is 6.92 Å². The van der Waals surface area contributed by atoms with E-state index >= 15 is 0 Å². The van der Waals surface area contributed by atoms with E-state index in [9.17, 15) is 14.4 Å². The van der Waals surface area contributed by atoms with Crippen LogP contribution in [0.5, 0.6) is 11.5 Å². The molecule has 1 fully saturated rings. The normalized spacial score (nSPS) is 14.9. The lowest BCUT2D eigenvalue weighted by Crippen LogP contribution is -2.57. The number of rotatable bonds is 6. The van der Waals surface area contributed by atoms with Crippen molar-refractivity contribution in [3.63, 3.8) is 0 Å². The van der Waals surface area contributed by atoms with Gasteiger partial charge in [-0.25, -0.2) is 14.6 Å². The van der Waals surface area contributed by atoms with Crippen LogP contribution in [0.15, 0.2) is 90.5 Å². The summed E-state index contributed by atoms with van der Waals surface area (Å²) >= 11 is 0. The number of aryl methyl sites for hydroxylation is 1. The fourth-order valence-corrected chi connectivity index (χ4v) is 4.56. The van der Waals surface area contributed by atoms with Crippen molar-refractivity contribution in [2.24, 2.45) is 0 Å². The summed E-state index contributed by atoms with van der Waals surface area (Å²) in [5.74, 6) is -0.383. The number of ether oxygens (including phenoxy) is 2. The average molecular weight is 507 g/mol. The summed E-state index contributed by atoms with van der Waals surface area (Å²) in [6, 6.07) is 24.4. The van der Waals surface area contributed by atoms with Gasteiger partial charge in [-0.3, -0.25) is 9.59 Å². The number of hydrogen-bond acceptors (Lipinski definition) is 5. The summed E-state index contributed by atoms with van der Waals surface area (Å²) in [5.41, 5.74) is 2.07. The van der Waals surface area contributed by atoms with E-state index < -0.39 is 17.8 Å². The van der Waals surface area contributed by atoms with Gasteiger partial charge in [-0.05, 0) is 66.8 Å². The van der Waals surface area contributed by atoms with Crippen molar-refractivity contribution in [3.8, 4) is 11.5 Å². The van der Waals surface area contributed by atoms with Gasteiger partial charge in [-0.2, -0.15) is 0 Å². The predicted octanol–water partition coefficient (Wildman–Crippen LogP) is 6.14. The Kier molecular flexibility index (Phi) is 6.66. The lowest BCUT2D eigenvalue weighted by molar-refractivity contribution is -0.121. The summed E-state index contributed by atoms with van der Waals surface area (Å²) < 4.78 is 11.0. The second-order valence-corrected chi connectivity index (χ2v) is 8.80. The van der Waals surface area contributed by atoms with Gasteiger partial charge in [0.2, 0.25) is 0 Å². The number of amides is 4. The third-order valence-electron chi connectivity index (χ3n) is 6.32. The molecule has 0 bridgehead atoms. The molecule has 7 heteroatoms. The molecule has 1 aliphatic heterocycles. The number of benzene rings is 4. The highest BCUT2D eigenvalue weighted by atomic mass is 16.5. The largest absolute Gasteiger partial charge is 0.493 e. The molecule has 1 heterocycles. The average Bonchev–Trinajstić information content (AvgIpc) is 2.92. The number of hydrogen-bond donors (Lipinski definition) is 0. The van der Waals surface area contributed by atoms with Gasteiger partial charge in [0.15, 0.2) is 11.5 Å². The maximum Gasteiger partial charge on any atom is 0.343 e. The number of anilines is 2. The first-order valence-corrected chi connectivity index (χ1v) is 12.2. The molecule has 0 atom stereocenters. The Morgan fingerprint density at radius 1 is 0.789 bits per heavy atom. The highest BCUT2D eigenvalue weighted by Gasteiger charge is 2.44. The van der Waals surface area contributed by atoms with Gasteiger partial charge in [0, 0.05) is 5.39 Å². The minimum absolute atomic E-state index is 0.147. The number of fused-ring (bicyclic) bond motifs is 1. The zero-order valence-electron chi connectivity index (χ0n) is 21.3. The van der Waals surface area contributed by atoms with E-state index in [0.717, 1.165) is 26.1 Å². The molecule has 1 aliphatic rings. The third kappa shape index (κ3) is 4.39. The maximum absolute atomic E-state index is 13.9. The number of carbonyl (C=O) groups excluding carboxylic acids is 3. The lowest BCUT2D eigenvalue weighted by Gasteiger charge is -2.34. The third-order valence-corrected chi connectivity index (χ3v) is 6.32. The standard InChI is InChI=1S/C31H26N2O5/c1-4-38-28-19-21(15-16-27(28)37-3)18-25-29(34)32(23-12-7-9-20(2)17-23)31(36)33(30(25)35)26-14-8-11-22-10-5-6-13-24(22)26/h5-19H,4H2,1-3H3/b25-18+. The van der Waals surface area contributed by atoms with Crippen LogP contribution in [0.25, 0.3) is 16.8 Å². The van der Waals surface area contributed by atoms with Gasteiger partial charge in [-0.15, -0.1) is 0 Å². The topological polar surface area (TPSA) is 76.2 Å². The monoisotopic (exact) mass is 506 g/mol. The molecule has 7 nitrogen and oxygen atoms in total. The van der Waals surface area contributed by atoms with E-state index in [0.29, 0.717) is 35.0 Å².